The topological polar surface area (TPSA) is 46.2 Å². The fourth-order valence-electron chi connectivity index (χ4n) is 1.76. The van der Waals surface area contributed by atoms with E-state index in [9.17, 15) is 13.9 Å². The van der Waals surface area contributed by atoms with E-state index < -0.39 is 17.7 Å². The molecule has 0 spiro atoms. The number of nitrogens with two attached hydrogens (primary N) is 1. The first-order chi connectivity index (χ1) is 7.95. The molecule has 0 radical (unpaired) electrons. The maximum Gasteiger partial charge on any atom is 0.159 e. The molecule has 0 aliphatic heterocycles. The lowest BCUT2D eigenvalue weighted by atomic mass is 9.92. The molecule has 0 saturated carbocycles. The average molecular weight is 243 g/mol. The Morgan fingerprint density at radius 1 is 1.29 bits per heavy atom. The van der Waals surface area contributed by atoms with E-state index in [2.05, 4.69) is 0 Å². The molecule has 1 aromatic carbocycles. The molecule has 4 heteroatoms. The van der Waals surface area contributed by atoms with Gasteiger partial charge in [0.25, 0.3) is 0 Å². The largest absolute Gasteiger partial charge is 0.391 e. The highest BCUT2D eigenvalue weighted by Crippen LogP contribution is 2.23. The first-order valence-electron chi connectivity index (χ1n) is 5.84. The maximum atomic E-state index is 13.0. The van der Waals surface area contributed by atoms with Gasteiger partial charge in [-0.1, -0.05) is 19.9 Å². The van der Waals surface area contributed by atoms with Crippen LogP contribution in [0.5, 0.6) is 0 Å². The van der Waals surface area contributed by atoms with E-state index in [-0.39, 0.29) is 12.0 Å². The lowest BCUT2D eigenvalue weighted by molar-refractivity contribution is 0.126. The Balaban J connectivity index is 2.69. The summed E-state index contributed by atoms with van der Waals surface area (Å²) in [5.74, 6) is -1.77. The standard InChI is InChI=1S/C13H19F2NO/c1-3-12(16)13(17)6-8(2)9-4-5-10(14)11(15)7-9/h4-5,7-8,12-13,17H,3,6,16H2,1-2H3. The normalized spacial score (nSPS) is 16.6. The smallest absolute Gasteiger partial charge is 0.159 e. The lowest BCUT2D eigenvalue weighted by Crippen LogP contribution is -2.34. The van der Waals surface area contributed by atoms with Crippen LogP contribution in [0.25, 0.3) is 0 Å². The average Bonchev–Trinajstić information content (AvgIpc) is 2.31. The minimum atomic E-state index is -0.858. The molecule has 3 N–H and O–H groups in total. The van der Waals surface area contributed by atoms with Crippen LogP contribution in [0, 0.1) is 11.6 Å². The van der Waals surface area contributed by atoms with Crippen molar-refractivity contribution in [1.29, 1.82) is 0 Å². The van der Waals surface area contributed by atoms with Gasteiger partial charge in [0.15, 0.2) is 11.6 Å². The van der Waals surface area contributed by atoms with E-state index in [1.807, 2.05) is 13.8 Å². The van der Waals surface area contributed by atoms with Crippen molar-refractivity contribution in [3.05, 3.63) is 35.4 Å². The van der Waals surface area contributed by atoms with Crippen molar-refractivity contribution in [2.45, 2.75) is 44.8 Å². The SMILES string of the molecule is CCC(N)C(O)CC(C)c1ccc(F)c(F)c1. The van der Waals surface area contributed by atoms with Gasteiger partial charge >= 0.3 is 0 Å². The molecular formula is C13H19F2NO. The Kier molecular flexibility index (Phi) is 5.02. The highest BCUT2D eigenvalue weighted by Gasteiger charge is 2.18. The van der Waals surface area contributed by atoms with Gasteiger partial charge in [-0.2, -0.15) is 0 Å². The third-order valence-electron chi connectivity index (χ3n) is 3.07. The van der Waals surface area contributed by atoms with E-state index >= 15 is 0 Å². The quantitative estimate of drug-likeness (QED) is 0.834. The van der Waals surface area contributed by atoms with Crippen LogP contribution in [-0.2, 0) is 0 Å². The highest BCUT2D eigenvalue weighted by atomic mass is 19.2. The van der Waals surface area contributed by atoms with Crippen LogP contribution in [0.15, 0.2) is 18.2 Å². The van der Waals surface area contributed by atoms with Crippen molar-refractivity contribution in [3.8, 4) is 0 Å². The molecule has 3 unspecified atom stereocenters. The zero-order chi connectivity index (χ0) is 13.0. The fraction of sp³-hybridized carbons (Fsp3) is 0.538. The van der Waals surface area contributed by atoms with Gasteiger partial charge in [0.05, 0.1) is 6.10 Å². The fourth-order valence-corrected chi connectivity index (χ4v) is 1.76. The van der Waals surface area contributed by atoms with Crippen molar-refractivity contribution in [2.24, 2.45) is 5.73 Å². The Bertz CT molecular complexity index is 370. The molecule has 0 saturated heterocycles. The van der Waals surface area contributed by atoms with Gasteiger partial charge < -0.3 is 10.8 Å². The molecule has 3 atom stereocenters. The van der Waals surface area contributed by atoms with E-state index in [1.54, 1.807) is 0 Å². The second-order valence-corrected chi connectivity index (χ2v) is 4.45. The van der Waals surface area contributed by atoms with Gasteiger partial charge in [0, 0.05) is 6.04 Å². The molecule has 96 valence electrons. The zero-order valence-corrected chi connectivity index (χ0v) is 10.2. The molecule has 0 aromatic heterocycles. The summed E-state index contributed by atoms with van der Waals surface area (Å²) < 4.78 is 25.8. The van der Waals surface area contributed by atoms with E-state index in [0.29, 0.717) is 18.4 Å². The van der Waals surface area contributed by atoms with Crippen LogP contribution in [0.3, 0.4) is 0 Å². The van der Waals surface area contributed by atoms with Crippen LogP contribution < -0.4 is 5.73 Å². The van der Waals surface area contributed by atoms with Gasteiger partial charge in [0.1, 0.15) is 0 Å². The predicted molar refractivity (Wildman–Crippen MR) is 63.7 cm³/mol. The summed E-state index contributed by atoms with van der Waals surface area (Å²) in [6, 6.07) is 3.54. The monoisotopic (exact) mass is 243 g/mol. The lowest BCUT2D eigenvalue weighted by Gasteiger charge is -2.21. The molecule has 0 heterocycles. The van der Waals surface area contributed by atoms with Gasteiger partial charge in [-0.3, -0.25) is 0 Å². The molecule has 0 aliphatic carbocycles. The summed E-state index contributed by atoms with van der Waals surface area (Å²) in [6.45, 7) is 3.76. The number of benzene rings is 1. The molecule has 1 rings (SSSR count). The molecule has 17 heavy (non-hydrogen) atoms. The van der Waals surface area contributed by atoms with Crippen molar-refractivity contribution in [2.75, 3.05) is 0 Å². The third kappa shape index (κ3) is 3.75. The maximum absolute atomic E-state index is 13.0. The predicted octanol–water partition coefficient (Wildman–Crippen LogP) is 2.56. The summed E-state index contributed by atoms with van der Waals surface area (Å²) in [7, 11) is 0. The summed E-state index contributed by atoms with van der Waals surface area (Å²) in [5.41, 5.74) is 6.39. The van der Waals surface area contributed by atoms with Crippen LogP contribution in [-0.4, -0.2) is 17.3 Å². The zero-order valence-electron chi connectivity index (χ0n) is 10.2. The Morgan fingerprint density at radius 2 is 1.94 bits per heavy atom. The second kappa shape index (κ2) is 6.07. The summed E-state index contributed by atoms with van der Waals surface area (Å²) >= 11 is 0. The Hall–Kier alpha value is -1.00. The van der Waals surface area contributed by atoms with Gasteiger partial charge in [0.2, 0.25) is 0 Å². The number of hydrogen-bond acceptors (Lipinski definition) is 2. The molecule has 0 fully saturated rings. The van der Waals surface area contributed by atoms with Crippen LogP contribution in [0.2, 0.25) is 0 Å². The van der Waals surface area contributed by atoms with Crippen molar-refractivity contribution in [1.82, 2.24) is 0 Å². The third-order valence-corrected chi connectivity index (χ3v) is 3.07. The number of aliphatic hydroxyl groups is 1. The molecule has 0 amide bonds. The van der Waals surface area contributed by atoms with Crippen LogP contribution in [0.1, 0.15) is 38.2 Å². The minimum absolute atomic E-state index is 0.0577. The molecule has 0 bridgehead atoms. The summed E-state index contributed by atoms with van der Waals surface area (Å²) in [5, 5.41) is 9.78. The van der Waals surface area contributed by atoms with Crippen LogP contribution in [0.4, 0.5) is 8.78 Å². The first-order valence-corrected chi connectivity index (χ1v) is 5.84. The van der Waals surface area contributed by atoms with Crippen molar-refractivity contribution >= 4 is 0 Å². The van der Waals surface area contributed by atoms with Gasteiger partial charge in [-0.05, 0) is 36.5 Å². The number of aliphatic hydroxyl groups excluding tert-OH is 1. The summed E-state index contributed by atoms with van der Waals surface area (Å²) in [4.78, 5) is 0. The van der Waals surface area contributed by atoms with Crippen LogP contribution >= 0.6 is 0 Å². The molecule has 1 aromatic rings. The highest BCUT2D eigenvalue weighted by molar-refractivity contribution is 5.21. The summed E-state index contributed by atoms with van der Waals surface area (Å²) in [6.07, 6.45) is 0.509. The van der Waals surface area contributed by atoms with E-state index in [4.69, 9.17) is 5.73 Å². The number of rotatable bonds is 5. The molecule has 0 aliphatic rings. The van der Waals surface area contributed by atoms with Gasteiger partial charge in [-0.25, -0.2) is 8.78 Å². The number of hydrogen-bond donors (Lipinski definition) is 2. The van der Waals surface area contributed by atoms with Crippen molar-refractivity contribution < 1.29 is 13.9 Å². The second-order valence-electron chi connectivity index (χ2n) is 4.45. The Morgan fingerprint density at radius 3 is 2.47 bits per heavy atom. The molecular weight excluding hydrogens is 224 g/mol. The Labute approximate surface area is 100 Å². The van der Waals surface area contributed by atoms with E-state index in [0.717, 1.165) is 6.07 Å². The minimum Gasteiger partial charge on any atom is -0.391 e. The van der Waals surface area contributed by atoms with Gasteiger partial charge in [-0.15, -0.1) is 0 Å². The van der Waals surface area contributed by atoms with E-state index in [1.165, 1.54) is 12.1 Å². The first kappa shape index (κ1) is 14.1. The molecule has 2 nitrogen and oxygen atoms in total. The number of halogens is 2. The van der Waals surface area contributed by atoms with Crippen molar-refractivity contribution in [3.63, 3.8) is 0 Å².